The van der Waals surface area contributed by atoms with E-state index < -0.39 is 12.1 Å². The minimum Gasteiger partial charge on any atom is -0.478 e. The number of carbonyl (C=O) groups is 2. The number of amides is 1. The van der Waals surface area contributed by atoms with Gasteiger partial charge in [-0.1, -0.05) is 48.5 Å². The molecule has 0 spiro atoms. The van der Waals surface area contributed by atoms with Gasteiger partial charge >= 0.3 is 12.1 Å². The van der Waals surface area contributed by atoms with Crippen molar-refractivity contribution in [3.63, 3.8) is 0 Å². The molecule has 0 atom stereocenters. The second-order valence-corrected chi connectivity index (χ2v) is 7.01. The largest absolute Gasteiger partial charge is 0.478 e. The second-order valence-electron chi connectivity index (χ2n) is 7.01. The molecule has 7 nitrogen and oxygen atoms in total. The highest BCUT2D eigenvalue weighted by Gasteiger charge is 2.29. The number of fused-ring (bicyclic) bond motifs is 4. The molecule has 0 radical (unpaired) electrons. The van der Waals surface area contributed by atoms with Gasteiger partial charge in [0, 0.05) is 5.92 Å². The van der Waals surface area contributed by atoms with Crippen molar-refractivity contribution in [2.24, 2.45) is 0 Å². The van der Waals surface area contributed by atoms with E-state index in [-0.39, 0.29) is 42.1 Å². The molecule has 0 aromatic heterocycles. The van der Waals surface area contributed by atoms with Crippen LogP contribution in [-0.2, 0) is 4.74 Å². The van der Waals surface area contributed by atoms with E-state index >= 15 is 0 Å². The van der Waals surface area contributed by atoms with Crippen molar-refractivity contribution in [1.82, 2.24) is 0 Å². The average Bonchev–Trinajstić information content (AvgIpc) is 3.35. The van der Waals surface area contributed by atoms with Crippen LogP contribution in [0.15, 0.2) is 60.7 Å². The predicted octanol–water partition coefficient (Wildman–Crippen LogP) is 4.47. The molecule has 0 saturated heterocycles. The standard InChI is InChI=1S/C23H17NO6/c25-22(26)13-9-19(21-20(10-13)29-12-30-21)24-23(27)28-11-18-16-7-3-1-5-14(16)15-6-2-4-8-17(15)18/h1-10,18H,11-12H2,(H,24,27)(H,25,26). The van der Waals surface area contributed by atoms with Crippen molar-refractivity contribution in [2.45, 2.75) is 5.92 Å². The minimum absolute atomic E-state index is 0.0202. The zero-order valence-electron chi connectivity index (χ0n) is 15.8. The Morgan fingerprint density at radius 1 is 1.00 bits per heavy atom. The summed E-state index contributed by atoms with van der Waals surface area (Å²) in [5.74, 6) is -0.653. The van der Waals surface area contributed by atoms with Crippen LogP contribution in [0.3, 0.4) is 0 Å². The monoisotopic (exact) mass is 403 g/mol. The molecule has 5 rings (SSSR count). The third kappa shape index (κ3) is 3.00. The number of carboxylic acids is 1. The van der Waals surface area contributed by atoms with E-state index in [9.17, 15) is 14.7 Å². The van der Waals surface area contributed by atoms with E-state index in [1.807, 2.05) is 36.4 Å². The summed E-state index contributed by atoms with van der Waals surface area (Å²) in [7, 11) is 0. The first-order chi connectivity index (χ1) is 14.6. The highest BCUT2D eigenvalue weighted by Crippen LogP contribution is 2.45. The van der Waals surface area contributed by atoms with Crippen LogP contribution >= 0.6 is 0 Å². The third-order valence-electron chi connectivity index (χ3n) is 5.30. The number of benzene rings is 3. The number of carboxylic acid groups (broad SMARTS) is 1. The average molecular weight is 403 g/mol. The Labute approximate surface area is 171 Å². The summed E-state index contributed by atoms with van der Waals surface area (Å²) in [5, 5.41) is 11.8. The zero-order valence-corrected chi connectivity index (χ0v) is 15.8. The fraction of sp³-hybridized carbons (Fsp3) is 0.130. The maximum Gasteiger partial charge on any atom is 0.411 e. The van der Waals surface area contributed by atoms with Crippen molar-refractivity contribution < 1.29 is 28.9 Å². The molecule has 1 heterocycles. The number of hydrogen-bond acceptors (Lipinski definition) is 5. The maximum atomic E-state index is 12.5. The van der Waals surface area contributed by atoms with Crippen LogP contribution in [0.5, 0.6) is 11.5 Å². The highest BCUT2D eigenvalue weighted by atomic mass is 16.7. The van der Waals surface area contributed by atoms with Crippen molar-refractivity contribution >= 4 is 17.7 Å². The minimum atomic E-state index is -1.14. The number of aromatic carboxylic acids is 1. The van der Waals surface area contributed by atoms with Crippen LogP contribution in [-0.4, -0.2) is 30.6 Å². The normalized spacial score (nSPS) is 13.5. The van der Waals surface area contributed by atoms with Crippen LogP contribution in [0, 0.1) is 0 Å². The highest BCUT2D eigenvalue weighted by molar-refractivity contribution is 5.94. The summed E-state index contributed by atoms with van der Waals surface area (Å²) < 4.78 is 16.1. The molecular formula is C23H17NO6. The number of ether oxygens (including phenoxy) is 3. The quantitative estimate of drug-likeness (QED) is 0.667. The smallest absolute Gasteiger partial charge is 0.411 e. The Kier molecular flexibility index (Phi) is 4.28. The maximum absolute atomic E-state index is 12.5. The lowest BCUT2D eigenvalue weighted by atomic mass is 9.98. The van der Waals surface area contributed by atoms with Crippen LogP contribution in [0.25, 0.3) is 11.1 Å². The summed E-state index contributed by atoms with van der Waals surface area (Å²) >= 11 is 0. The molecule has 2 aliphatic rings. The first-order valence-corrected chi connectivity index (χ1v) is 9.41. The lowest BCUT2D eigenvalue weighted by Gasteiger charge is -2.15. The fourth-order valence-corrected chi connectivity index (χ4v) is 3.97. The van der Waals surface area contributed by atoms with Crippen molar-refractivity contribution in [2.75, 3.05) is 18.7 Å². The number of nitrogens with one attached hydrogen (secondary N) is 1. The molecule has 0 unspecified atom stereocenters. The number of hydrogen-bond donors (Lipinski definition) is 2. The Hall–Kier alpha value is -4.00. The predicted molar refractivity (Wildman–Crippen MR) is 108 cm³/mol. The van der Waals surface area contributed by atoms with Gasteiger partial charge in [-0.2, -0.15) is 0 Å². The van der Waals surface area contributed by atoms with Gasteiger partial charge in [-0.15, -0.1) is 0 Å². The van der Waals surface area contributed by atoms with Crippen molar-refractivity contribution in [1.29, 1.82) is 0 Å². The molecule has 0 saturated carbocycles. The second kappa shape index (κ2) is 7.11. The van der Waals surface area contributed by atoms with E-state index in [2.05, 4.69) is 17.4 Å². The molecule has 7 heteroatoms. The van der Waals surface area contributed by atoms with Gasteiger partial charge in [0.2, 0.25) is 6.79 Å². The molecule has 0 fully saturated rings. The summed E-state index contributed by atoms with van der Waals surface area (Å²) in [6.07, 6.45) is -0.697. The van der Waals surface area contributed by atoms with E-state index in [0.717, 1.165) is 22.3 Å². The molecule has 1 aliphatic heterocycles. The van der Waals surface area contributed by atoms with Crippen molar-refractivity contribution in [3.05, 3.63) is 77.4 Å². The van der Waals surface area contributed by atoms with Gasteiger partial charge in [-0.05, 0) is 34.4 Å². The first-order valence-electron chi connectivity index (χ1n) is 9.41. The number of rotatable bonds is 4. The molecule has 30 heavy (non-hydrogen) atoms. The van der Waals surface area contributed by atoms with Gasteiger partial charge in [0.15, 0.2) is 11.5 Å². The molecule has 3 aromatic rings. The van der Waals surface area contributed by atoms with E-state index in [4.69, 9.17) is 14.2 Å². The van der Waals surface area contributed by atoms with E-state index in [1.165, 1.54) is 12.1 Å². The summed E-state index contributed by atoms with van der Waals surface area (Å²) in [6, 6.07) is 18.8. The van der Waals surface area contributed by atoms with Gasteiger partial charge in [-0.3, -0.25) is 5.32 Å². The number of carbonyl (C=O) groups excluding carboxylic acids is 1. The lowest BCUT2D eigenvalue weighted by molar-refractivity contribution is 0.0696. The van der Waals surface area contributed by atoms with Crippen LogP contribution in [0.2, 0.25) is 0 Å². The Balaban J connectivity index is 1.35. The topological polar surface area (TPSA) is 94.1 Å². The molecule has 2 N–H and O–H groups in total. The van der Waals surface area contributed by atoms with E-state index in [0.29, 0.717) is 0 Å². The van der Waals surface area contributed by atoms with Gasteiger partial charge in [0.25, 0.3) is 0 Å². The zero-order chi connectivity index (χ0) is 20.7. The van der Waals surface area contributed by atoms with Crippen molar-refractivity contribution in [3.8, 4) is 22.6 Å². The van der Waals surface area contributed by atoms with Crippen LogP contribution in [0.4, 0.5) is 10.5 Å². The Morgan fingerprint density at radius 3 is 2.33 bits per heavy atom. The number of anilines is 1. The molecule has 150 valence electrons. The van der Waals surface area contributed by atoms with Gasteiger partial charge < -0.3 is 19.3 Å². The van der Waals surface area contributed by atoms with Gasteiger partial charge in [0.05, 0.1) is 11.3 Å². The van der Waals surface area contributed by atoms with Crippen LogP contribution in [0.1, 0.15) is 27.4 Å². The fourth-order valence-electron chi connectivity index (χ4n) is 3.97. The first kappa shape index (κ1) is 18.1. The summed E-state index contributed by atoms with van der Waals surface area (Å²) in [6.45, 7) is 0.107. The molecule has 1 amide bonds. The van der Waals surface area contributed by atoms with Gasteiger partial charge in [-0.25, -0.2) is 9.59 Å². The Morgan fingerprint density at radius 2 is 1.67 bits per heavy atom. The Bertz CT molecular complexity index is 1130. The lowest BCUT2D eigenvalue weighted by Crippen LogP contribution is -2.18. The third-order valence-corrected chi connectivity index (χ3v) is 5.30. The molecular weight excluding hydrogens is 386 g/mol. The molecule has 1 aliphatic carbocycles. The molecule has 0 bridgehead atoms. The SMILES string of the molecule is O=C(Nc1cc(C(=O)O)cc2c1OCO2)OCC1c2ccccc2-c2ccccc21. The van der Waals surface area contributed by atoms with E-state index in [1.54, 1.807) is 0 Å². The van der Waals surface area contributed by atoms with Gasteiger partial charge in [0.1, 0.15) is 6.61 Å². The molecule has 3 aromatic carbocycles. The van der Waals surface area contributed by atoms with Crippen LogP contribution < -0.4 is 14.8 Å². The summed E-state index contributed by atoms with van der Waals surface area (Å²) in [5.41, 5.74) is 4.67. The summed E-state index contributed by atoms with van der Waals surface area (Å²) in [4.78, 5) is 23.8.